The van der Waals surface area contributed by atoms with Crippen LogP contribution >= 0.6 is 15.9 Å². The number of aliphatic carboxylic acids is 1. The molecule has 2 rings (SSSR count). The van der Waals surface area contributed by atoms with Crippen molar-refractivity contribution in [1.82, 2.24) is 4.98 Å². The summed E-state index contributed by atoms with van der Waals surface area (Å²) in [5.74, 6) is -0.160. The molecule has 1 unspecified atom stereocenters. The van der Waals surface area contributed by atoms with Crippen molar-refractivity contribution >= 4 is 33.4 Å². The lowest BCUT2D eigenvalue weighted by atomic mass is 9.98. The average Bonchev–Trinajstić information content (AvgIpc) is 2.45. The predicted octanol–water partition coefficient (Wildman–Crippen LogP) is 2.98. The molecule has 1 aliphatic rings. The fraction of sp³-hybridized carbons (Fsp3) is 0.538. The van der Waals surface area contributed by atoms with E-state index in [9.17, 15) is 14.9 Å². The minimum Gasteiger partial charge on any atom is -0.481 e. The molecule has 0 radical (unpaired) electrons. The second-order valence-electron chi connectivity index (χ2n) is 5.03. The SMILES string of the molecule is O=C(O)CCC1CCCCN1c1ncc([N+](=O)[O-])cc1Br. The van der Waals surface area contributed by atoms with Crippen LogP contribution in [0.15, 0.2) is 16.7 Å². The van der Waals surface area contributed by atoms with Gasteiger partial charge in [-0.25, -0.2) is 4.98 Å². The molecular weight excluding hydrogens is 342 g/mol. The van der Waals surface area contributed by atoms with E-state index < -0.39 is 10.9 Å². The highest BCUT2D eigenvalue weighted by Gasteiger charge is 2.26. The van der Waals surface area contributed by atoms with Gasteiger partial charge in [0.05, 0.1) is 9.40 Å². The number of nitrogens with zero attached hydrogens (tertiary/aromatic N) is 3. The van der Waals surface area contributed by atoms with Crippen LogP contribution in [0.25, 0.3) is 0 Å². The van der Waals surface area contributed by atoms with Crippen molar-refractivity contribution in [3.63, 3.8) is 0 Å². The zero-order valence-electron chi connectivity index (χ0n) is 11.4. The third-order valence-corrected chi connectivity index (χ3v) is 4.19. The quantitative estimate of drug-likeness (QED) is 0.642. The largest absolute Gasteiger partial charge is 0.481 e. The Morgan fingerprint density at radius 3 is 2.95 bits per heavy atom. The lowest BCUT2D eigenvalue weighted by molar-refractivity contribution is -0.385. The first-order valence-electron chi connectivity index (χ1n) is 6.77. The molecule has 1 N–H and O–H groups in total. The molecule has 0 spiro atoms. The minimum absolute atomic E-state index is 0.0651. The van der Waals surface area contributed by atoms with Crippen molar-refractivity contribution in [2.75, 3.05) is 11.4 Å². The molecule has 1 atom stereocenters. The molecule has 21 heavy (non-hydrogen) atoms. The number of rotatable bonds is 5. The predicted molar refractivity (Wildman–Crippen MR) is 80.4 cm³/mol. The number of carboxylic acids is 1. The van der Waals surface area contributed by atoms with Gasteiger partial charge < -0.3 is 10.0 Å². The van der Waals surface area contributed by atoms with Crippen molar-refractivity contribution in [2.45, 2.75) is 38.1 Å². The van der Waals surface area contributed by atoms with Crippen LogP contribution in [0.1, 0.15) is 32.1 Å². The van der Waals surface area contributed by atoms with E-state index >= 15 is 0 Å². The summed E-state index contributed by atoms with van der Waals surface area (Å²) < 4.78 is 0.568. The number of pyridine rings is 1. The Hall–Kier alpha value is -1.70. The van der Waals surface area contributed by atoms with Crippen LogP contribution in [-0.4, -0.2) is 33.6 Å². The Balaban J connectivity index is 2.20. The van der Waals surface area contributed by atoms with Gasteiger partial charge in [-0.1, -0.05) is 0 Å². The lowest BCUT2D eigenvalue weighted by Crippen LogP contribution is -2.40. The Kier molecular flexibility index (Phi) is 5.11. The minimum atomic E-state index is -0.809. The number of piperidine rings is 1. The van der Waals surface area contributed by atoms with Gasteiger partial charge in [0.25, 0.3) is 5.69 Å². The van der Waals surface area contributed by atoms with Crippen molar-refractivity contribution in [3.8, 4) is 0 Å². The second kappa shape index (κ2) is 6.84. The van der Waals surface area contributed by atoms with E-state index in [0.29, 0.717) is 16.7 Å². The van der Waals surface area contributed by atoms with E-state index in [2.05, 4.69) is 25.8 Å². The summed E-state index contributed by atoms with van der Waals surface area (Å²) in [6.07, 6.45) is 4.90. The molecule has 0 saturated carbocycles. The van der Waals surface area contributed by atoms with Gasteiger partial charge in [-0.05, 0) is 41.6 Å². The van der Waals surface area contributed by atoms with Crippen LogP contribution in [0, 0.1) is 10.1 Å². The van der Waals surface area contributed by atoms with Crippen LogP contribution in [0.5, 0.6) is 0 Å². The van der Waals surface area contributed by atoms with E-state index in [0.717, 1.165) is 25.8 Å². The van der Waals surface area contributed by atoms with E-state index in [-0.39, 0.29) is 18.2 Å². The van der Waals surface area contributed by atoms with Crippen molar-refractivity contribution in [1.29, 1.82) is 0 Å². The standard InChI is InChI=1S/C13H16BrN3O4/c14-11-7-10(17(20)21)8-15-13(11)16-6-2-1-3-9(16)4-5-12(18)19/h7-9H,1-6H2,(H,18,19). The molecule has 1 saturated heterocycles. The summed E-state index contributed by atoms with van der Waals surface area (Å²) in [6.45, 7) is 0.785. The third kappa shape index (κ3) is 3.90. The number of nitro groups is 1. The van der Waals surface area contributed by atoms with Crippen LogP contribution < -0.4 is 4.90 Å². The molecule has 1 aromatic rings. The number of carboxylic acid groups (broad SMARTS) is 1. The normalized spacial score (nSPS) is 18.5. The van der Waals surface area contributed by atoms with Gasteiger partial charge in [-0.3, -0.25) is 14.9 Å². The maximum Gasteiger partial charge on any atom is 0.303 e. The summed E-state index contributed by atoms with van der Waals surface area (Å²) in [5, 5.41) is 19.6. The van der Waals surface area contributed by atoms with E-state index in [1.807, 2.05) is 0 Å². The maximum absolute atomic E-state index is 10.8. The number of hydrogen-bond acceptors (Lipinski definition) is 5. The monoisotopic (exact) mass is 357 g/mol. The summed E-state index contributed by atoms with van der Waals surface area (Å²) in [5.41, 5.74) is -0.0651. The van der Waals surface area contributed by atoms with Gasteiger partial charge in [0.2, 0.25) is 0 Å². The Bertz CT molecular complexity index is 552. The molecule has 2 heterocycles. The zero-order valence-corrected chi connectivity index (χ0v) is 13.0. The molecular formula is C13H16BrN3O4. The van der Waals surface area contributed by atoms with Crippen LogP contribution in [0.2, 0.25) is 0 Å². The van der Waals surface area contributed by atoms with E-state index in [4.69, 9.17) is 5.11 Å². The molecule has 1 aromatic heterocycles. The second-order valence-corrected chi connectivity index (χ2v) is 5.89. The first-order valence-corrected chi connectivity index (χ1v) is 7.56. The summed E-state index contributed by atoms with van der Waals surface area (Å²) in [7, 11) is 0. The van der Waals surface area contributed by atoms with Gasteiger partial charge in [-0.15, -0.1) is 0 Å². The Morgan fingerprint density at radius 1 is 1.57 bits per heavy atom. The number of halogens is 1. The molecule has 7 nitrogen and oxygen atoms in total. The summed E-state index contributed by atoms with van der Waals surface area (Å²) in [6, 6.07) is 1.55. The molecule has 8 heteroatoms. The lowest BCUT2D eigenvalue weighted by Gasteiger charge is -2.37. The third-order valence-electron chi connectivity index (χ3n) is 3.61. The van der Waals surface area contributed by atoms with Gasteiger partial charge in [0, 0.05) is 25.1 Å². The highest BCUT2D eigenvalue weighted by molar-refractivity contribution is 9.10. The van der Waals surface area contributed by atoms with E-state index in [1.165, 1.54) is 12.3 Å². The number of hydrogen-bond donors (Lipinski definition) is 1. The van der Waals surface area contributed by atoms with Gasteiger partial charge in [0.15, 0.2) is 0 Å². The van der Waals surface area contributed by atoms with E-state index in [1.54, 1.807) is 0 Å². The highest BCUT2D eigenvalue weighted by atomic mass is 79.9. The average molecular weight is 358 g/mol. The van der Waals surface area contributed by atoms with Gasteiger partial charge in [-0.2, -0.15) is 0 Å². The number of aromatic nitrogens is 1. The van der Waals surface area contributed by atoms with Gasteiger partial charge in [0.1, 0.15) is 12.0 Å². The summed E-state index contributed by atoms with van der Waals surface area (Å²) in [4.78, 5) is 27.3. The Morgan fingerprint density at radius 2 is 2.33 bits per heavy atom. The zero-order chi connectivity index (χ0) is 15.4. The first kappa shape index (κ1) is 15.7. The number of carbonyl (C=O) groups is 1. The highest BCUT2D eigenvalue weighted by Crippen LogP contribution is 2.33. The summed E-state index contributed by atoms with van der Waals surface area (Å²) >= 11 is 3.33. The fourth-order valence-corrected chi connectivity index (χ4v) is 3.17. The molecule has 114 valence electrons. The van der Waals surface area contributed by atoms with Gasteiger partial charge >= 0.3 is 5.97 Å². The molecule has 0 bridgehead atoms. The molecule has 1 fully saturated rings. The van der Waals surface area contributed by atoms with Crippen LogP contribution in [-0.2, 0) is 4.79 Å². The molecule has 0 aliphatic carbocycles. The van der Waals surface area contributed by atoms with Crippen molar-refractivity contribution in [3.05, 3.63) is 26.9 Å². The van der Waals surface area contributed by atoms with Crippen LogP contribution in [0.3, 0.4) is 0 Å². The maximum atomic E-state index is 10.8. The van der Waals surface area contributed by atoms with Crippen molar-refractivity contribution < 1.29 is 14.8 Å². The molecule has 0 amide bonds. The first-order chi connectivity index (χ1) is 9.99. The number of anilines is 1. The Labute approximate surface area is 130 Å². The topological polar surface area (TPSA) is 96.6 Å². The fourth-order valence-electron chi connectivity index (χ4n) is 2.60. The van der Waals surface area contributed by atoms with Crippen molar-refractivity contribution in [2.24, 2.45) is 0 Å². The smallest absolute Gasteiger partial charge is 0.303 e. The molecule has 0 aromatic carbocycles. The van der Waals surface area contributed by atoms with Crippen LogP contribution in [0.4, 0.5) is 11.5 Å². The molecule has 1 aliphatic heterocycles.